The summed E-state index contributed by atoms with van der Waals surface area (Å²) in [5, 5.41) is 13.2. The highest BCUT2D eigenvalue weighted by Gasteiger charge is 2.38. The van der Waals surface area contributed by atoms with Crippen LogP contribution in [0.15, 0.2) is 53.3 Å². The van der Waals surface area contributed by atoms with Gasteiger partial charge in [0.2, 0.25) is 5.91 Å². The van der Waals surface area contributed by atoms with Crippen molar-refractivity contribution in [1.29, 1.82) is 0 Å². The number of piperidine rings is 1. The second-order valence-electron chi connectivity index (χ2n) is 9.93. The molecule has 0 bridgehead atoms. The van der Waals surface area contributed by atoms with Crippen LogP contribution in [-0.4, -0.2) is 32.8 Å². The third-order valence-electron chi connectivity index (χ3n) is 5.83. The lowest BCUT2D eigenvalue weighted by molar-refractivity contribution is -0.123. The summed E-state index contributed by atoms with van der Waals surface area (Å²) in [6.45, 7) is 8.43. The number of nitrogens with zero attached hydrogens (tertiary/aromatic N) is 2. The first-order valence-corrected chi connectivity index (χ1v) is 11.3. The van der Waals surface area contributed by atoms with Gasteiger partial charge >= 0.3 is 0 Å². The number of nitrogens with one attached hydrogen (secondary N) is 2. The Balaban J connectivity index is 1.64. The topological polar surface area (TPSA) is 76.0 Å². The fourth-order valence-electron chi connectivity index (χ4n) is 5.00. The van der Waals surface area contributed by atoms with Crippen LogP contribution in [0.4, 0.5) is 0 Å². The smallest absolute Gasteiger partial charge is 0.275 e. The molecule has 1 aliphatic rings. The molecule has 0 aliphatic carbocycles. The Morgan fingerprint density at radius 2 is 1.66 bits per heavy atom. The number of amides is 1. The third kappa shape index (κ3) is 4.87. The third-order valence-corrected chi connectivity index (χ3v) is 6.09. The minimum Gasteiger partial charge on any atom is -0.352 e. The average molecular weight is 453 g/mol. The van der Waals surface area contributed by atoms with Crippen LogP contribution in [0.3, 0.4) is 0 Å². The van der Waals surface area contributed by atoms with E-state index >= 15 is 0 Å². The molecule has 0 spiro atoms. The highest BCUT2D eigenvalue weighted by Crippen LogP contribution is 2.29. The van der Waals surface area contributed by atoms with Crippen molar-refractivity contribution >= 4 is 28.3 Å². The van der Waals surface area contributed by atoms with Crippen LogP contribution in [0, 0.1) is 0 Å². The Hall–Kier alpha value is -2.70. The molecule has 0 saturated carbocycles. The maximum atomic E-state index is 13.1. The van der Waals surface area contributed by atoms with Crippen LogP contribution in [0.5, 0.6) is 0 Å². The lowest BCUT2D eigenvalue weighted by Gasteiger charge is -2.46. The van der Waals surface area contributed by atoms with Gasteiger partial charge < -0.3 is 10.6 Å². The minimum atomic E-state index is -0.278. The average Bonchev–Trinajstić information content (AvgIpc) is 2.68. The van der Waals surface area contributed by atoms with E-state index in [0.717, 1.165) is 23.8 Å². The normalized spacial score (nSPS) is 17.9. The molecule has 168 valence electrons. The van der Waals surface area contributed by atoms with Crippen molar-refractivity contribution in [2.75, 3.05) is 0 Å². The second kappa shape index (κ2) is 8.34. The molecular formula is C25H29ClN4O2. The second-order valence-corrected chi connectivity index (χ2v) is 10.4. The number of aromatic nitrogens is 2. The predicted molar refractivity (Wildman–Crippen MR) is 129 cm³/mol. The van der Waals surface area contributed by atoms with E-state index in [4.69, 9.17) is 11.6 Å². The van der Waals surface area contributed by atoms with Crippen LogP contribution < -0.4 is 16.2 Å². The monoisotopic (exact) mass is 452 g/mol. The molecule has 32 heavy (non-hydrogen) atoms. The van der Waals surface area contributed by atoms with E-state index in [2.05, 4.69) is 43.4 Å². The van der Waals surface area contributed by atoms with Crippen LogP contribution >= 0.6 is 11.6 Å². The Morgan fingerprint density at radius 1 is 1.06 bits per heavy atom. The molecule has 7 heteroatoms. The van der Waals surface area contributed by atoms with Gasteiger partial charge in [0.1, 0.15) is 6.54 Å². The zero-order valence-electron chi connectivity index (χ0n) is 18.9. The first-order chi connectivity index (χ1) is 15.0. The lowest BCUT2D eigenvalue weighted by Crippen LogP contribution is -2.62. The van der Waals surface area contributed by atoms with E-state index in [1.807, 2.05) is 30.3 Å². The fourth-order valence-corrected chi connectivity index (χ4v) is 5.12. The van der Waals surface area contributed by atoms with Crippen molar-refractivity contribution in [3.05, 3.63) is 63.9 Å². The summed E-state index contributed by atoms with van der Waals surface area (Å²) < 4.78 is 1.26. The van der Waals surface area contributed by atoms with Crippen LogP contribution in [0.1, 0.15) is 40.5 Å². The molecule has 1 amide bonds. The Bertz CT molecular complexity index is 1200. The van der Waals surface area contributed by atoms with E-state index < -0.39 is 0 Å². The molecule has 0 unspecified atom stereocenters. The van der Waals surface area contributed by atoms with Crippen molar-refractivity contribution in [2.45, 2.75) is 64.2 Å². The van der Waals surface area contributed by atoms with Gasteiger partial charge in [-0.3, -0.25) is 9.59 Å². The van der Waals surface area contributed by atoms with Gasteiger partial charge in [0.25, 0.3) is 5.56 Å². The molecule has 1 fully saturated rings. The quantitative estimate of drug-likeness (QED) is 0.623. The zero-order valence-corrected chi connectivity index (χ0v) is 19.7. The van der Waals surface area contributed by atoms with E-state index in [0.29, 0.717) is 16.1 Å². The maximum absolute atomic E-state index is 13.1. The maximum Gasteiger partial charge on any atom is 0.275 e. The Labute approximate surface area is 193 Å². The van der Waals surface area contributed by atoms with Crippen LogP contribution in [-0.2, 0) is 11.3 Å². The first kappa shape index (κ1) is 22.5. The fraction of sp³-hybridized carbons (Fsp3) is 0.400. The van der Waals surface area contributed by atoms with E-state index in [1.54, 1.807) is 18.2 Å². The largest absolute Gasteiger partial charge is 0.352 e. The van der Waals surface area contributed by atoms with E-state index in [9.17, 15) is 9.59 Å². The summed E-state index contributed by atoms with van der Waals surface area (Å²) >= 11 is 6.04. The summed E-state index contributed by atoms with van der Waals surface area (Å²) in [6, 6.07) is 14.7. The number of fused-ring (bicyclic) bond motifs is 1. The molecule has 6 nitrogen and oxygen atoms in total. The van der Waals surface area contributed by atoms with Crippen molar-refractivity contribution in [1.82, 2.24) is 20.4 Å². The molecule has 2 heterocycles. The van der Waals surface area contributed by atoms with Gasteiger partial charge in [0.05, 0.1) is 11.1 Å². The van der Waals surface area contributed by atoms with Crippen molar-refractivity contribution < 1.29 is 4.79 Å². The van der Waals surface area contributed by atoms with Gasteiger partial charge in [-0.05, 0) is 58.7 Å². The number of rotatable bonds is 4. The summed E-state index contributed by atoms with van der Waals surface area (Å²) in [5.74, 6) is -0.213. The summed E-state index contributed by atoms with van der Waals surface area (Å²) in [7, 11) is 0. The van der Waals surface area contributed by atoms with Gasteiger partial charge in [-0.25, -0.2) is 4.68 Å². The van der Waals surface area contributed by atoms with Crippen LogP contribution in [0.25, 0.3) is 22.0 Å². The standard InChI is InChI=1S/C25H29ClN4O2/c1-24(2)13-18(14-25(3,4)29-24)27-21(31)15-30-23(32)20-8-6-5-7-19(20)22(28-30)16-9-11-17(26)12-10-16/h5-12,18,29H,13-15H2,1-4H3,(H,27,31). The number of benzene rings is 2. The predicted octanol–water partition coefficient (Wildman–Crippen LogP) is 4.14. The van der Waals surface area contributed by atoms with Gasteiger partial charge in [-0.15, -0.1) is 0 Å². The van der Waals surface area contributed by atoms with E-state index in [-0.39, 0.29) is 35.1 Å². The van der Waals surface area contributed by atoms with Gasteiger partial charge in [0.15, 0.2) is 0 Å². The zero-order chi connectivity index (χ0) is 23.1. The SMILES string of the molecule is CC1(C)CC(NC(=O)Cn2nc(-c3ccc(Cl)cc3)c3ccccc3c2=O)CC(C)(C)N1. The molecular weight excluding hydrogens is 424 g/mol. The number of halogens is 1. The lowest BCUT2D eigenvalue weighted by atomic mass is 9.79. The van der Waals surface area contributed by atoms with Gasteiger partial charge in [-0.2, -0.15) is 5.10 Å². The number of hydrogen-bond acceptors (Lipinski definition) is 4. The van der Waals surface area contributed by atoms with Crippen molar-refractivity contribution in [3.8, 4) is 11.3 Å². The van der Waals surface area contributed by atoms with Crippen molar-refractivity contribution in [2.24, 2.45) is 0 Å². The molecule has 4 rings (SSSR count). The number of carbonyl (C=O) groups is 1. The Morgan fingerprint density at radius 3 is 2.28 bits per heavy atom. The molecule has 1 aromatic heterocycles. The van der Waals surface area contributed by atoms with Crippen LogP contribution in [0.2, 0.25) is 5.02 Å². The van der Waals surface area contributed by atoms with Gasteiger partial charge in [0, 0.05) is 33.1 Å². The molecule has 2 N–H and O–H groups in total. The van der Waals surface area contributed by atoms with Crippen molar-refractivity contribution in [3.63, 3.8) is 0 Å². The first-order valence-electron chi connectivity index (χ1n) is 10.9. The summed E-state index contributed by atoms with van der Waals surface area (Å²) in [4.78, 5) is 26.0. The molecule has 1 saturated heterocycles. The number of carbonyl (C=O) groups excluding carboxylic acids is 1. The molecule has 3 aromatic rings. The molecule has 1 aliphatic heterocycles. The highest BCUT2D eigenvalue weighted by atomic mass is 35.5. The molecule has 0 atom stereocenters. The summed E-state index contributed by atoms with van der Waals surface area (Å²) in [6.07, 6.45) is 1.64. The number of hydrogen-bond donors (Lipinski definition) is 2. The highest BCUT2D eigenvalue weighted by molar-refractivity contribution is 6.30. The van der Waals surface area contributed by atoms with Gasteiger partial charge in [-0.1, -0.05) is 41.9 Å². The minimum absolute atomic E-state index is 0.0284. The molecule has 0 radical (unpaired) electrons. The van der Waals surface area contributed by atoms with E-state index in [1.165, 1.54) is 4.68 Å². The molecule has 2 aromatic carbocycles. The Kier molecular flexibility index (Phi) is 5.86. The summed E-state index contributed by atoms with van der Waals surface area (Å²) in [5.41, 5.74) is 1.04.